The minimum Gasteiger partial charge on any atom is -0.465 e. The molecule has 2 unspecified atom stereocenters. The molecular formula is C12H20N2O5S. The average molecular weight is 304 g/mol. The SMILES string of the molecule is CCOC(=O)C(c1nc(C(C)S(C)(=O)=O)no1)C(C)C. The minimum absolute atomic E-state index is 0.0532. The molecule has 8 heteroatoms. The van der Waals surface area contributed by atoms with Gasteiger partial charge in [-0.3, -0.25) is 4.79 Å². The predicted molar refractivity (Wildman–Crippen MR) is 71.8 cm³/mol. The first-order chi connectivity index (χ1) is 9.18. The summed E-state index contributed by atoms with van der Waals surface area (Å²) >= 11 is 0. The van der Waals surface area contributed by atoms with Crippen LogP contribution < -0.4 is 0 Å². The number of sulfone groups is 1. The number of aromatic nitrogens is 2. The molecule has 0 N–H and O–H groups in total. The van der Waals surface area contributed by atoms with Crippen molar-refractivity contribution in [3.05, 3.63) is 11.7 Å². The second kappa shape index (κ2) is 6.34. The minimum atomic E-state index is -3.32. The molecule has 1 rings (SSSR count). The van der Waals surface area contributed by atoms with Crippen LogP contribution in [0.5, 0.6) is 0 Å². The highest BCUT2D eigenvalue weighted by molar-refractivity contribution is 7.90. The summed E-state index contributed by atoms with van der Waals surface area (Å²) in [4.78, 5) is 15.9. The van der Waals surface area contributed by atoms with E-state index in [2.05, 4.69) is 10.1 Å². The molecule has 1 heterocycles. The fraction of sp³-hybridized carbons (Fsp3) is 0.750. The van der Waals surface area contributed by atoms with E-state index < -0.39 is 27.0 Å². The van der Waals surface area contributed by atoms with Crippen LogP contribution in [0.25, 0.3) is 0 Å². The van der Waals surface area contributed by atoms with Crippen molar-refractivity contribution in [3.8, 4) is 0 Å². The zero-order valence-electron chi connectivity index (χ0n) is 12.3. The lowest BCUT2D eigenvalue weighted by atomic mass is 9.96. The fourth-order valence-electron chi connectivity index (χ4n) is 1.62. The first-order valence-corrected chi connectivity index (χ1v) is 8.32. The second-order valence-corrected chi connectivity index (χ2v) is 7.30. The molecular weight excluding hydrogens is 284 g/mol. The second-order valence-electron chi connectivity index (χ2n) is 4.94. The van der Waals surface area contributed by atoms with Crippen LogP contribution in [-0.2, 0) is 19.4 Å². The highest BCUT2D eigenvalue weighted by Crippen LogP contribution is 2.27. The molecule has 0 fully saturated rings. The normalized spacial score (nSPS) is 15.1. The van der Waals surface area contributed by atoms with Gasteiger partial charge in [0.05, 0.1) is 6.61 Å². The molecule has 20 heavy (non-hydrogen) atoms. The highest BCUT2D eigenvalue weighted by atomic mass is 32.2. The number of hydrogen-bond acceptors (Lipinski definition) is 7. The standard InChI is InChI=1S/C12H20N2O5S/c1-6-18-12(15)9(7(2)3)11-13-10(14-19-11)8(4)20(5,16)17/h7-9H,6H2,1-5H3. The summed E-state index contributed by atoms with van der Waals surface area (Å²) in [5.41, 5.74) is 0. The maximum atomic E-state index is 11.9. The zero-order chi connectivity index (χ0) is 15.5. The van der Waals surface area contributed by atoms with Crippen LogP contribution in [0.4, 0.5) is 0 Å². The summed E-state index contributed by atoms with van der Waals surface area (Å²) < 4.78 is 33.0. The summed E-state index contributed by atoms with van der Waals surface area (Å²) in [6.07, 6.45) is 1.10. The van der Waals surface area contributed by atoms with Crippen LogP contribution in [0.15, 0.2) is 4.52 Å². The van der Waals surface area contributed by atoms with Crippen molar-refractivity contribution < 1.29 is 22.5 Å². The molecule has 0 bridgehead atoms. The quantitative estimate of drug-likeness (QED) is 0.734. The van der Waals surface area contributed by atoms with Gasteiger partial charge in [-0.2, -0.15) is 4.98 Å². The molecule has 0 aromatic carbocycles. The van der Waals surface area contributed by atoms with Crippen LogP contribution >= 0.6 is 0 Å². The number of esters is 1. The van der Waals surface area contributed by atoms with Crippen LogP contribution in [0, 0.1) is 5.92 Å². The Balaban J connectivity index is 3.07. The molecule has 0 aliphatic rings. The maximum absolute atomic E-state index is 11.9. The average Bonchev–Trinajstić information content (AvgIpc) is 2.75. The van der Waals surface area contributed by atoms with Crippen molar-refractivity contribution in [3.63, 3.8) is 0 Å². The number of nitrogens with zero attached hydrogens (tertiary/aromatic N) is 2. The van der Waals surface area contributed by atoms with Gasteiger partial charge in [0.2, 0.25) is 5.89 Å². The van der Waals surface area contributed by atoms with Gasteiger partial charge in [-0.25, -0.2) is 8.42 Å². The van der Waals surface area contributed by atoms with Gasteiger partial charge >= 0.3 is 5.97 Å². The van der Waals surface area contributed by atoms with Crippen molar-refractivity contribution in [2.75, 3.05) is 12.9 Å². The highest BCUT2D eigenvalue weighted by Gasteiger charge is 2.33. The van der Waals surface area contributed by atoms with E-state index in [-0.39, 0.29) is 24.2 Å². The van der Waals surface area contributed by atoms with E-state index in [4.69, 9.17) is 9.26 Å². The maximum Gasteiger partial charge on any atom is 0.318 e. The van der Waals surface area contributed by atoms with Crippen LogP contribution in [-0.4, -0.2) is 37.4 Å². The van der Waals surface area contributed by atoms with E-state index in [0.29, 0.717) is 0 Å². The summed E-state index contributed by atoms with van der Waals surface area (Å²) in [6.45, 7) is 7.08. The van der Waals surface area contributed by atoms with Gasteiger partial charge in [0.25, 0.3) is 0 Å². The molecule has 0 saturated heterocycles. The monoisotopic (exact) mass is 304 g/mol. The smallest absolute Gasteiger partial charge is 0.318 e. The van der Waals surface area contributed by atoms with Crippen LogP contribution in [0.2, 0.25) is 0 Å². The molecule has 1 aromatic heterocycles. The van der Waals surface area contributed by atoms with Crippen molar-refractivity contribution in [2.24, 2.45) is 5.92 Å². The van der Waals surface area contributed by atoms with E-state index in [1.54, 1.807) is 6.92 Å². The van der Waals surface area contributed by atoms with E-state index in [1.807, 2.05) is 13.8 Å². The third-order valence-electron chi connectivity index (χ3n) is 2.94. The molecule has 0 radical (unpaired) electrons. The predicted octanol–water partition coefficient (Wildman–Crippen LogP) is 1.48. The third-order valence-corrected chi connectivity index (χ3v) is 4.43. The molecule has 114 valence electrons. The molecule has 0 spiro atoms. The lowest BCUT2D eigenvalue weighted by molar-refractivity contribution is -0.146. The third kappa shape index (κ3) is 3.78. The largest absolute Gasteiger partial charge is 0.465 e. The Hall–Kier alpha value is -1.44. The zero-order valence-corrected chi connectivity index (χ0v) is 13.1. The van der Waals surface area contributed by atoms with Gasteiger partial charge in [-0.1, -0.05) is 19.0 Å². The molecule has 0 aliphatic heterocycles. The van der Waals surface area contributed by atoms with Gasteiger partial charge in [-0.15, -0.1) is 0 Å². The lowest BCUT2D eigenvalue weighted by Crippen LogP contribution is -2.21. The van der Waals surface area contributed by atoms with Crippen molar-refractivity contribution >= 4 is 15.8 Å². The number of carbonyl (C=O) groups is 1. The first-order valence-electron chi connectivity index (χ1n) is 6.37. The number of rotatable bonds is 6. The van der Waals surface area contributed by atoms with E-state index in [9.17, 15) is 13.2 Å². The molecule has 7 nitrogen and oxygen atoms in total. The van der Waals surface area contributed by atoms with Crippen molar-refractivity contribution in [2.45, 2.75) is 38.9 Å². The van der Waals surface area contributed by atoms with Crippen molar-refractivity contribution in [1.82, 2.24) is 10.1 Å². The molecule has 1 aromatic rings. The fourth-order valence-corrected chi connectivity index (χ4v) is 2.10. The molecule has 0 amide bonds. The Kier molecular flexibility index (Phi) is 5.27. The lowest BCUT2D eigenvalue weighted by Gasteiger charge is -2.14. The van der Waals surface area contributed by atoms with Crippen LogP contribution in [0.3, 0.4) is 0 Å². The van der Waals surface area contributed by atoms with Gasteiger partial charge in [0, 0.05) is 6.26 Å². The van der Waals surface area contributed by atoms with Gasteiger partial charge in [0.15, 0.2) is 15.7 Å². The summed E-state index contributed by atoms with van der Waals surface area (Å²) in [6, 6.07) is 0. The Morgan fingerprint density at radius 1 is 1.35 bits per heavy atom. The van der Waals surface area contributed by atoms with Crippen LogP contribution in [0.1, 0.15) is 50.6 Å². The number of ether oxygens (including phenoxy) is 1. The van der Waals surface area contributed by atoms with Gasteiger partial charge < -0.3 is 9.26 Å². The van der Waals surface area contributed by atoms with Crippen molar-refractivity contribution in [1.29, 1.82) is 0 Å². The van der Waals surface area contributed by atoms with Gasteiger partial charge in [0.1, 0.15) is 11.2 Å². The van der Waals surface area contributed by atoms with E-state index >= 15 is 0 Å². The topological polar surface area (TPSA) is 99.4 Å². The van der Waals surface area contributed by atoms with E-state index in [1.165, 1.54) is 6.92 Å². The summed E-state index contributed by atoms with van der Waals surface area (Å²) in [5, 5.41) is 2.78. The number of hydrogen-bond donors (Lipinski definition) is 0. The first kappa shape index (κ1) is 16.6. The number of carbonyl (C=O) groups excluding carboxylic acids is 1. The molecule has 2 atom stereocenters. The Morgan fingerprint density at radius 3 is 2.40 bits per heavy atom. The Bertz CT molecular complexity index is 564. The Labute approximate surface area is 118 Å². The summed E-state index contributed by atoms with van der Waals surface area (Å²) in [7, 11) is -3.32. The van der Waals surface area contributed by atoms with E-state index in [0.717, 1.165) is 6.26 Å². The summed E-state index contributed by atoms with van der Waals surface area (Å²) in [5.74, 6) is -1.11. The molecule has 0 saturated carbocycles. The Morgan fingerprint density at radius 2 is 1.95 bits per heavy atom. The van der Waals surface area contributed by atoms with Gasteiger partial charge in [-0.05, 0) is 19.8 Å². The molecule has 0 aliphatic carbocycles.